The Labute approximate surface area is 326 Å². The van der Waals surface area contributed by atoms with Crippen LogP contribution in [-0.2, 0) is 29.0 Å². The molecule has 2 fully saturated rings. The Morgan fingerprint density at radius 2 is 1.52 bits per heavy atom. The highest BCUT2D eigenvalue weighted by atomic mass is 127. The van der Waals surface area contributed by atoms with E-state index in [4.69, 9.17) is 0 Å². The fraction of sp³-hybridized carbons (Fsp3) is 0.816. The number of hydrogen-bond acceptors (Lipinski definition) is 7. The van der Waals surface area contributed by atoms with Gasteiger partial charge in [0, 0.05) is 13.1 Å². The molecule has 52 heavy (non-hydrogen) atoms. The number of hydrogen-bond donors (Lipinski definition) is 4. The lowest BCUT2D eigenvalue weighted by Crippen LogP contribution is -2.64. The van der Waals surface area contributed by atoms with Crippen molar-refractivity contribution in [2.45, 2.75) is 159 Å². The molecule has 2 aliphatic carbocycles. The molecule has 0 aromatic heterocycles. The lowest BCUT2D eigenvalue weighted by molar-refractivity contribution is -0.143. The number of carbonyl (C=O) groups is 5. The van der Waals surface area contributed by atoms with E-state index in [0.29, 0.717) is 32.1 Å². The summed E-state index contributed by atoms with van der Waals surface area (Å²) < 4.78 is 24.8. The molecular weight excluding hydrogens is 797 g/mol. The van der Waals surface area contributed by atoms with Crippen LogP contribution in [-0.4, -0.2) is 88.1 Å². The number of amides is 5. The first-order chi connectivity index (χ1) is 24.1. The van der Waals surface area contributed by atoms with Crippen LogP contribution in [0.1, 0.15) is 132 Å². The molecule has 0 spiro atoms. The van der Waals surface area contributed by atoms with Crippen molar-refractivity contribution in [3.63, 3.8) is 0 Å². The normalized spacial score (nSPS) is 19.4. The van der Waals surface area contributed by atoms with Crippen molar-refractivity contribution in [3.8, 4) is 0 Å². The first kappa shape index (κ1) is 45.9. The van der Waals surface area contributed by atoms with Gasteiger partial charge in [0.05, 0.1) is 22.1 Å². The van der Waals surface area contributed by atoms with E-state index in [1.807, 2.05) is 57.2 Å². The molecular formula is C38H66IN5O7S. The van der Waals surface area contributed by atoms with Crippen molar-refractivity contribution < 1.29 is 32.4 Å². The summed E-state index contributed by atoms with van der Waals surface area (Å²) >= 11 is 1.91. The number of rotatable bonds is 19. The third kappa shape index (κ3) is 12.7. The number of nitrogens with one attached hydrogen (secondary N) is 4. The summed E-state index contributed by atoms with van der Waals surface area (Å²) in [5.74, 6) is -2.61. The Kier molecular flexibility index (Phi) is 17.6. The minimum absolute atomic E-state index is 0.0183. The molecule has 0 heterocycles. The maximum atomic E-state index is 14.9. The number of Topliss-reactive ketones (excluding diaryl/α,β-unsaturated/α-hetero) is 1. The third-order valence-corrected chi connectivity index (χ3v) is 15.1. The average molecular weight is 864 g/mol. The van der Waals surface area contributed by atoms with E-state index in [1.165, 1.54) is 11.0 Å². The summed E-state index contributed by atoms with van der Waals surface area (Å²) in [6, 6.07) is -2.67. The average Bonchev–Trinajstić information content (AvgIpc) is 3.52. The Bertz CT molecular complexity index is 1370. The molecule has 1 unspecified atom stereocenters. The Morgan fingerprint density at radius 3 is 2.04 bits per heavy atom. The second-order valence-electron chi connectivity index (χ2n) is 16.7. The number of sulfone groups is 1. The van der Waals surface area contributed by atoms with E-state index in [1.54, 1.807) is 20.8 Å². The van der Waals surface area contributed by atoms with Crippen molar-refractivity contribution in [1.29, 1.82) is 0 Å². The van der Waals surface area contributed by atoms with E-state index in [2.05, 4.69) is 27.8 Å². The second-order valence-corrected chi connectivity index (χ2v) is 20.6. The molecule has 4 N–H and O–H groups in total. The van der Waals surface area contributed by atoms with Crippen molar-refractivity contribution in [1.82, 2.24) is 26.2 Å². The first-order valence-corrected chi connectivity index (χ1v) is 22.0. The highest BCUT2D eigenvalue weighted by Gasteiger charge is 2.48. The number of unbranched alkanes of at least 4 members (excludes halogenated alkanes) is 1. The predicted octanol–water partition coefficient (Wildman–Crippen LogP) is 5.58. The van der Waals surface area contributed by atoms with Gasteiger partial charge in [-0.3, -0.25) is 19.2 Å². The fourth-order valence-corrected chi connectivity index (χ4v) is 9.18. The number of ketones is 1. The molecule has 0 saturated heterocycles. The Morgan fingerprint density at radius 1 is 0.942 bits per heavy atom. The summed E-state index contributed by atoms with van der Waals surface area (Å²) in [7, 11) is -3.58. The second kappa shape index (κ2) is 19.9. The van der Waals surface area contributed by atoms with Crippen LogP contribution in [0.2, 0.25) is 0 Å². The number of alkyl halides is 1. The molecule has 298 valence electrons. The van der Waals surface area contributed by atoms with Crippen LogP contribution in [0.3, 0.4) is 0 Å². The molecule has 0 aliphatic heterocycles. The lowest BCUT2D eigenvalue weighted by atomic mass is 9.79. The summed E-state index contributed by atoms with van der Waals surface area (Å²) in [6.45, 7) is 18.9. The number of urea groups is 1. The first-order valence-electron chi connectivity index (χ1n) is 19.1. The van der Waals surface area contributed by atoms with Gasteiger partial charge in [0.2, 0.25) is 11.7 Å². The minimum Gasteiger partial charge on any atom is -0.346 e. The van der Waals surface area contributed by atoms with Crippen LogP contribution < -0.4 is 21.3 Å². The SMILES string of the molecule is C=CCNC(=O)C(=O)C(CCCC)NC(=O)[C@H](I)N(C[C@@H](C)C(C)C)C(=O)[C@@H](NC(=O)NC1(CS(=O)(=O)C(C)(C)C)CCCCC1)C1(C)CCCC1. The summed E-state index contributed by atoms with van der Waals surface area (Å²) in [4.78, 5) is 70.1. The molecule has 14 heteroatoms. The van der Waals surface area contributed by atoms with E-state index in [0.717, 1.165) is 38.5 Å². The third-order valence-electron chi connectivity index (χ3n) is 11.1. The molecule has 0 aromatic carbocycles. The maximum absolute atomic E-state index is 14.9. The number of halogens is 1. The van der Waals surface area contributed by atoms with E-state index in [9.17, 15) is 32.4 Å². The molecule has 2 aliphatic rings. The molecule has 2 rings (SSSR count). The van der Waals surface area contributed by atoms with Crippen LogP contribution in [0.4, 0.5) is 4.79 Å². The van der Waals surface area contributed by atoms with Gasteiger partial charge in [-0.25, -0.2) is 13.2 Å². The van der Waals surface area contributed by atoms with E-state index >= 15 is 0 Å². The Hall–Kier alpha value is -2.23. The fourth-order valence-electron chi connectivity index (χ4n) is 6.98. The van der Waals surface area contributed by atoms with Gasteiger partial charge < -0.3 is 26.2 Å². The quantitative estimate of drug-likeness (QED) is 0.0432. The monoisotopic (exact) mass is 863 g/mol. The van der Waals surface area contributed by atoms with Gasteiger partial charge >= 0.3 is 6.03 Å². The summed E-state index contributed by atoms with van der Waals surface area (Å²) in [5, 5.41) is 11.3. The molecule has 5 amide bonds. The molecule has 2 saturated carbocycles. The Balaban J connectivity index is 2.48. The molecule has 4 atom stereocenters. The minimum atomic E-state index is -3.58. The molecule has 12 nitrogen and oxygen atoms in total. The lowest BCUT2D eigenvalue weighted by Gasteiger charge is -2.42. The summed E-state index contributed by atoms with van der Waals surface area (Å²) in [6.07, 6.45) is 9.75. The van der Waals surface area contributed by atoms with Crippen molar-refractivity contribution in [3.05, 3.63) is 12.7 Å². The van der Waals surface area contributed by atoms with E-state index in [-0.39, 0.29) is 37.1 Å². The molecule has 0 aromatic rings. The van der Waals surface area contributed by atoms with Crippen molar-refractivity contribution >= 4 is 62.0 Å². The van der Waals surface area contributed by atoms with Gasteiger partial charge in [0.25, 0.3) is 11.8 Å². The van der Waals surface area contributed by atoms with Gasteiger partial charge in [-0.2, -0.15) is 0 Å². The van der Waals surface area contributed by atoms with Crippen LogP contribution in [0.15, 0.2) is 12.7 Å². The summed E-state index contributed by atoms with van der Waals surface area (Å²) in [5.41, 5.74) is -1.57. The van der Waals surface area contributed by atoms with Crippen LogP contribution >= 0.6 is 22.6 Å². The van der Waals surface area contributed by atoms with Gasteiger partial charge in [0.15, 0.2) is 13.9 Å². The van der Waals surface area contributed by atoms with Crippen molar-refractivity contribution in [2.24, 2.45) is 17.3 Å². The standard InChI is InChI=1S/C38H66IN5O7S/c1-10-12-18-28(29(45)32(46)40-23-11-2)41-33(47)31(39)44(24-27(5)26(3)4)34(48)30(37(9)19-16-17-20-37)42-35(49)43-38(21-14-13-15-22-38)25-52(50,51)36(6,7)8/h11,26-28,30-31H,2,10,12-25H2,1,3-9H3,(H,40,46)(H,41,47)(H2,42,43,49)/t27-,28?,30-,31-/m1/s1. The van der Waals surface area contributed by atoms with Crippen LogP contribution in [0.25, 0.3) is 0 Å². The molecule has 0 radical (unpaired) electrons. The zero-order chi connectivity index (χ0) is 39.5. The number of nitrogens with zero attached hydrogens (tertiary/aromatic N) is 1. The van der Waals surface area contributed by atoms with Crippen LogP contribution in [0, 0.1) is 17.3 Å². The largest absolute Gasteiger partial charge is 0.346 e. The smallest absolute Gasteiger partial charge is 0.315 e. The highest BCUT2D eigenvalue weighted by molar-refractivity contribution is 14.1. The van der Waals surface area contributed by atoms with E-state index < -0.39 is 71.2 Å². The van der Waals surface area contributed by atoms with Gasteiger partial charge in [-0.15, -0.1) is 6.58 Å². The number of carbonyl (C=O) groups excluding carboxylic acids is 5. The van der Waals surface area contributed by atoms with Gasteiger partial charge in [0.1, 0.15) is 6.04 Å². The zero-order valence-electron chi connectivity index (χ0n) is 32.9. The maximum Gasteiger partial charge on any atom is 0.315 e. The van der Waals surface area contributed by atoms with Crippen LogP contribution in [0.5, 0.6) is 0 Å². The van der Waals surface area contributed by atoms with Gasteiger partial charge in [-0.05, 0) is 92.7 Å². The predicted molar refractivity (Wildman–Crippen MR) is 215 cm³/mol. The zero-order valence-corrected chi connectivity index (χ0v) is 35.8. The van der Waals surface area contributed by atoms with Gasteiger partial charge in [-0.1, -0.05) is 85.6 Å². The highest BCUT2D eigenvalue weighted by Crippen LogP contribution is 2.42. The van der Waals surface area contributed by atoms with Crippen molar-refractivity contribution in [2.75, 3.05) is 18.8 Å². The molecule has 0 bridgehead atoms. The topological polar surface area (TPSA) is 171 Å².